The van der Waals surface area contributed by atoms with Gasteiger partial charge in [-0.2, -0.15) is 0 Å². The van der Waals surface area contributed by atoms with Crippen LogP contribution in [0.1, 0.15) is 40.5 Å². The predicted octanol–water partition coefficient (Wildman–Crippen LogP) is 2.58. The fourth-order valence-electron chi connectivity index (χ4n) is 2.47. The van der Waals surface area contributed by atoms with Crippen LogP contribution < -0.4 is 0 Å². The van der Waals surface area contributed by atoms with Crippen LogP contribution in [0.5, 0.6) is 0 Å². The molecule has 0 radical (unpaired) electrons. The Morgan fingerprint density at radius 2 is 1.53 bits per heavy atom. The van der Waals surface area contributed by atoms with E-state index in [0.29, 0.717) is 5.78 Å². The zero-order valence-electron chi connectivity index (χ0n) is 10.6. The van der Waals surface area contributed by atoms with E-state index in [1.807, 2.05) is 0 Å². The molecule has 0 saturated carbocycles. The van der Waals surface area contributed by atoms with Crippen molar-refractivity contribution in [3.63, 3.8) is 0 Å². The van der Waals surface area contributed by atoms with Crippen LogP contribution in [0.2, 0.25) is 0 Å². The highest BCUT2D eigenvalue weighted by Crippen LogP contribution is 2.22. The molecule has 0 unspecified atom stereocenters. The van der Waals surface area contributed by atoms with Crippen molar-refractivity contribution < 1.29 is 4.79 Å². The number of piperidine rings is 1. The van der Waals surface area contributed by atoms with Gasteiger partial charge in [0, 0.05) is 32.5 Å². The summed E-state index contributed by atoms with van der Waals surface area (Å²) in [5.74, 6) is 2.68. The lowest BCUT2D eigenvalue weighted by molar-refractivity contribution is -0.121. The first-order valence-corrected chi connectivity index (χ1v) is 6.24. The Morgan fingerprint density at radius 1 is 1.07 bits per heavy atom. The molecule has 0 bridgehead atoms. The Labute approximate surface area is 94.0 Å². The number of likely N-dealkylation sites (tertiary alicyclic amines) is 1. The van der Waals surface area contributed by atoms with Crippen LogP contribution in [0.15, 0.2) is 0 Å². The van der Waals surface area contributed by atoms with Gasteiger partial charge in [0.2, 0.25) is 0 Å². The summed E-state index contributed by atoms with van der Waals surface area (Å²) in [6.45, 7) is 12.4. The van der Waals surface area contributed by atoms with Gasteiger partial charge in [0.15, 0.2) is 0 Å². The Kier molecular flexibility index (Phi) is 4.78. The van der Waals surface area contributed by atoms with E-state index in [1.165, 1.54) is 6.54 Å². The number of ketones is 1. The highest BCUT2D eigenvalue weighted by molar-refractivity contribution is 5.79. The maximum atomic E-state index is 11.1. The van der Waals surface area contributed by atoms with Crippen molar-refractivity contribution in [3.8, 4) is 0 Å². The van der Waals surface area contributed by atoms with Gasteiger partial charge in [0.25, 0.3) is 0 Å². The summed E-state index contributed by atoms with van der Waals surface area (Å²) in [4.78, 5) is 13.6. The van der Waals surface area contributed by atoms with Crippen LogP contribution >= 0.6 is 0 Å². The number of carbonyl (C=O) groups is 1. The number of Topliss-reactive ketones (excluding diaryl/α,β-unsaturated/α-hetero) is 1. The Bertz CT molecular complexity index is 193. The topological polar surface area (TPSA) is 20.3 Å². The van der Waals surface area contributed by atoms with Crippen molar-refractivity contribution in [2.24, 2.45) is 17.8 Å². The van der Waals surface area contributed by atoms with E-state index in [0.717, 1.165) is 43.7 Å². The number of carbonyl (C=O) groups excluding carboxylic acids is 1. The first-order chi connectivity index (χ1) is 7.00. The van der Waals surface area contributed by atoms with Gasteiger partial charge in [0.1, 0.15) is 5.78 Å². The van der Waals surface area contributed by atoms with Crippen LogP contribution in [0, 0.1) is 17.8 Å². The molecular formula is C13H25NO. The van der Waals surface area contributed by atoms with Gasteiger partial charge in [0.05, 0.1) is 0 Å². The van der Waals surface area contributed by atoms with E-state index in [4.69, 9.17) is 0 Å². The third kappa shape index (κ3) is 3.94. The molecule has 2 nitrogen and oxygen atoms in total. The minimum atomic E-state index is 0.442. The zero-order chi connectivity index (χ0) is 11.4. The van der Waals surface area contributed by atoms with Crippen molar-refractivity contribution in [2.45, 2.75) is 40.5 Å². The average molecular weight is 211 g/mol. The van der Waals surface area contributed by atoms with Gasteiger partial charge < -0.3 is 4.90 Å². The molecule has 0 aromatic rings. The minimum absolute atomic E-state index is 0.442. The first kappa shape index (κ1) is 12.7. The maximum Gasteiger partial charge on any atom is 0.135 e. The Hall–Kier alpha value is -0.370. The smallest absolute Gasteiger partial charge is 0.135 e. The van der Waals surface area contributed by atoms with Gasteiger partial charge >= 0.3 is 0 Å². The molecule has 0 spiro atoms. The van der Waals surface area contributed by atoms with Crippen molar-refractivity contribution in [1.82, 2.24) is 4.90 Å². The highest BCUT2D eigenvalue weighted by Gasteiger charge is 2.23. The summed E-state index contributed by atoms with van der Waals surface area (Å²) >= 11 is 0. The first-order valence-electron chi connectivity index (χ1n) is 6.24. The number of rotatable bonds is 4. The van der Waals surface area contributed by atoms with Gasteiger partial charge in [-0.1, -0.05) is 27.7 Å². The van der Waals surface area contributed by atoms with E-state index in [9.17, 15) is 4.79 Å². The van der Waals surface area contributed by atoms with E-state index < -0.39 is 0 Å². The van der Waals surface area contributed by atoms with Crippen LogP contribution in [-0.4, -0.2) is 30.3 Å². The lowest BCUT2D eigenvalue weighted by Gasteiger charge is -2.33. The summed E-state index contributed by atoms with van der Waals surface area (Å²) in [5, 5.41) is 0. The zero-order valence-corrected chi connectivity index (χ0v) is 10.6. The Balaban J connectivity index is 2.41. The van der Waals surface area contributed by atoms with Gasteiger partial charge in [-0.15, -0.1) is 0 Å². The molecule has 0 amide bonds. The molecule has 0 aromatic carbocycles. The molecule has 1 aliphatic rings. The number of nitrogens with zero attached hydrogens (tertiary/aromatic N) is 1. The lowest BCUT2D eigenvalue weighted by Crippen LogP contribution is -2.39. The molecule has 15 heavy (non-hydrogen) atoms. The molecule has 2 heteroatoms. The monoisotopic (exact) mass is 211 g/mol. The van der Waals surface area contributed by atoms with Crippen LogP contribution in [0.4, 0.5) is 0 Å². The van der Waals surface area contributed by atoms with Crippen LogP contribution in [-0.2, 0) is 4.79 Å². The van der Waals surface area contributed by atoms with Crippen LogP contribution in [0.3, 0.4) is 0 Å². The maximum absolute atomic E-state index is 11.1. The fourth-order valence-corrected chi connectivity index (χ4v) is 2.47. The average Bonchev–Trinajstić information content (AvgIpc) is 2.15. The minimum Gasteiger partial charge on any atom is -0.302 e. The second kappa shape index (κ2) is 5.64. The second-order valence-corrected chi connectivity index (χ2v) is 5.49. The van der Waals surface area contributed by atoms with Crippen LogP contribution in [0.25, 0.3) is 0 Å². The molecular weight excluding hydrogens is 186 g/mol. The van der Waals surface area contributed by atoms with E-state index >= 15 is 0 Å². The Morgan fingerprint density at radius 3 is 1.93 bits per heavy atom. The highest BCUT2D eigenvalue weighted by atomic mass is 16.1. The summed E-state index contributed by atoms with van der Waals surface area (Å²) < 4.78 is 0. The standard InChI is InChI=1S/C13H25NO/c1-10(2)13(11(3)4)9-14-7-5-12(15)6-8-14/h10-11,13H,5-9H2,1-4H3. The molecule has 88 valence electrons. The molecule has 1 aliphatic heterocycles. The molecule has 1 rings (SSSR count). The fraction of sp³-hybridized carbons (Fsp3) is 0.923. The van der Waals surface area contributed by atoms with Crippen molar-refractivity contribution in [1.29, 1.82) is 0 Å². The van der Waals surface area contributed by atoms with Gasteiger partial charge in [-0.05, 0) is 17.8 Å². The SMILES string of the molecule is CC(C)C(CN1CCC(=O)CC1)C(C)C. The van der Waals surface area contributed by atoms with Crippen molar-refractivity contribution >= 4 is 5.78 Å². The second-order valence-electron chi connectivity index (χ2n) is 5.49. The van der Waals surface area contributed by atoms with Gasteiger partial charge in [-0.3, -0.25) is 4.79 Å². The van der Waals surface area contributed by atoms with E-state index in [1.54, 1.807) is 0 Å². The molecule has 0 aromatic heterocycles. The largest absolute Gasteiger partial charge is 0.302 e. The quantitative estimate of drug-likeness (QED) is 0.712. The van der Waals surface area contributed by atoms with E-state index in [-0.39, 0.29) is 0 Å². The number of hydrogen-bond acceptors (Lipinski definition) is 2. The van der Waals surface area contributed by atoms with Crippen molar-refractivity contribution in [2.75, 3.05) is 19.6 Å². The molecule has 1 fully saturated rings. The molecule has 1 heterocycles. The summed E-state index contributed by atoms with van der Waals surface area (Å²) in [5.41, 5.74) is 0. The molecule has 0 atom stereocenters. The predicted molar refractivity (Wildman–Crippen MR) is 63.8 cm³/mol. The summed E-state index contributed by atoms with van der Waals surface area (Å²) in [7, 11) is 0. The van der Waals surface area contributed by atoms with E-state index in [2.05, 4.69) is 32.6 Å². The molecule has 0 aliphatic carbocycles. The van der Waals surface area contributed by atoms with Crippen molar-refractivity contribution in [3.05, 3.63) is 0 Å². The third-order valence-electron chi connectivity index (χ3n) is 3.60. The summed E-state index contributed by atoms with van der Waals surface area (Å²) in [6, 6.07) is 0. The third-order valence-corrected chi connectivity index (χ3v) is 3.60. The molecule has 1 saturated heterocycles. The van der Waals surface area contributed by atoms with Gasteiger partial charge in [-0.25, -0.2) is 0 Å². The summed E-state index contributed by atoms with van der Waals surface area (Å²) in [6.07, 6.45) is 1.53. The lowest BCUT2D eigenvalue weighted by atomic mass is 9.85. The number of hydrogen-bond donors (Lipinski definition) is 0. The molecule has 0 N–H and O–H groups in total. The normalized spacial score (nSPS) is 19.5.